The van der Waals surface area contributed by atoms with Crippen LogP contribution in [0, 0.1) is 29.1 Å². The maximum Gasteiger partial charge on any atom is 0.334 e. The van der Waals surface area contributed by atoms with Gasteiger partial charge in [0.15, 0.2) is 0 Å². The largest absolute Gasteiger partial charge is 0.492 e. The first-order valence-corrected chi connectivity index (χ1v) is 15.6. The van der Waals surface area contributed by atoms with Crippen LogP contribution >= 0.6 is 15.9 Å². The fraction of sp³-hybridized carbons (Fsp3) is 0.424. The van der Waals surface area contributed by atoms with Gasteiger partial charge in [0, 0.05) is 11.0 Å². The standard InChI is InChI=1S/C33H33BrN2O8/c1-6-42-20-15-11-9-13-18(20)35-27(37)23-25(29(35)39)33(34)17(4)22(31(41)44-8-3)32(23,5)24-26(33)30(40)36(28(24)38)19-14-10-12-16-21(19)43-7-2/h9-16,23-26H,6-8H2,1-5H3/t23-,24-,25+,26+,32?,33?/m0/s1. The van der Waals surface area contributed by atoms with Gasteiger partial charge in [-0.15, -0.1) is 0 Å². The van der Waals surface area contributed by atoms with Crippen LogP contribution in [0.5, 0.6) is 11.5 Å². The van der Waals surface area contributed by atoms with Crippen LogP contribution in [-0.2, 0) is 28.7 Å². The fourth-order valence-corrected chi connectivity index (χ4v) is 9.16. The maximum absolute atomic E-state index is 14.6. The minimum Gasteiger partial charge on any atom is -0.492 e. The van der Waals surface area contributed by atoms with Crippen molar-refractivity contribution >= 4 is 56.9 Å². The summed E-state index contributed by atoms with van der Waals surface area (Å²) in [5.74, 6) is -6.68. The molecular formula is C33H33BrN2O8. The normalized spacial score (nSPS) is 30.6. The van der Waals surface area contributed by atoms with E-state index in [-0.39, 0.29) is 23.6 Å². The number of alkyl halides is 1. The van der Waals surface area contributed by atoms with Crippen molar-refractivity contribution < 1.29 is 38.2 Å². The predicted octanol–water partition coefficient (Wildman–Crippen LogP) is 4.44. The van der Waals surface area contributed by atoms with E-state index in [1.54, 1.807) is 83.1 Å². The summed E-state index contributed by atoms with van der Waals surface area (Å²) in [6.45, 7) is 9.26. The lowest BCUT2D eigenvalue weighted by atomic mass is 9.43. The zero-order valence-electron chi connectivity index (χ0n) is 25.1. The van der Waals surface area contributed by atoms with Crippen molar-refractivity contribution in [3.63, 3.8) is 0 Å². The number of hydrogen-bond donors (Lipinski definition) is 0. The second kappa shape index (κ2) is 10.6. The summed E-state index contributed by atoms with van der Waals surface area (Å²) in [4.78, 5) is 74.1. The zero-order valence-corrected chi connectivity index (χ0v) is 26.7. The number of carbonyl (C=O) groups excluding carboxylic acids is 5. The van der Waals surface area contributed by atoms with Crippen LogP contribution in [0.4, 0.5) is 11.4 Å². The molecule has 44 heavy (non-hydrogen) atoms. The SMILES string of the molecule is CCOC(=O)C1=C(C)C2(Br)[C@H]3C(=O)N(c4ccccc4OCC)C(=O)[C@H]3C1(C)[C@@H]1C(=O)N(c3ccccc3OCC)C(=O)[C@@H]12. The number of halogens is 1. The molecule has 2 heterocycles. The Morgan fingerprint density at radius 3 is 1.55 bits per heavy atom. The summed E-state index contributed by atoms with van der Waals surface area (Å²) < 4.78 is 15.5. The topological polar surface area (TPSA) is 120 Å². The van der Waals surface area contributed by atoms with Gasteiger partial charge in [0.1, 0.15) is 11.5 Å². The second-order valence-corrected chi connectivity index (χ2v) is 12.8. The Kier molecular flexibility index (Phi) is 7.22. The molecule has 0 radical (unpaired) electrons. The molecule has 2 aromatic carbocycles. The van der Waals surface area contributed by atoms with Crippen LogP contribution in [0.15, 0.2) is 59.7 Å². The summed E-state index contributed by atoms with van der Waals surface area (Å²) in [5.41, 5.74) is -0.471. The van der Waals surface area contributed by atoms with E-state index in [4.69, 9.17) is 14.2 Å². The van der Waals surface area contributed by atoms with Crippen molar-refractivity contribution in [2.75, 3.05) is 29.6 Å². The number of para-hydroxylation sites is 4. The summed E-state index contributed by atoms with van der Waals surface area (Å²) in [6.07, 6.45) is 0. The molecule has 3 fully saturated rings. The third-order valence-corrected chi connectivity index (χ3v) is 11.2. The van der Waals surface area contributed by atoms with E-state index in [9.17, 15) is 24.0 Å². The van der Waals surface area contributed by atoms with Crippen molar-refractivity contribution in [2.24, 2.45) is 29.1 Å². The Balaban J connectivity index is 1.58. The van der Waals surface area contributed by atoms with Crippen molar-refractivity contribution in [1.29, 1.82) is 0 Å². The van der Waals surface area contributed by atoms with Gasteiger partial charge in [-0.3, -0.25) is 19.2 Å². The molecule has 10 nitrogen and oxygen atoms in total. The van der Waals surface area contributed by atoms with Crippen LogP contribution in [0.25, 0.3) is 0 Å². The minimum absolute atomic E-state index is 0.0602. The van der Waals surface area contributed by atoms with Crippen LogP contribution in [0.1, 0.15) is 34.6 Å². The molecule has 2 bridgehead atoms. The second-order valence-electron chi connectivity index (χ2n) is 11.5. The Hall–Kier alpha value is -3.99. The minimum atomic E-state index is -1.55. The molecule has 5 aliphatic rings. The van der Waals surface area contributed by atoms with Gasteiger partial charge in [-0.2, -0.15) is 0 Å². The van der Waals surface area contributed by atoms with E-state index in [1.165, 1.54) is 0 Å². The summed E-state index contributed by atoms with van der Waals surface area (Å²) in [6, 6.07) is 13.5. The molecule has 11 heteroatoms. The Labute approximate surface area is 263 Å². The van der Waals surface area contributed by atoms with Gasteiger partial charge in [0.25, 0.3) is 0 Å². The lowest BCUT2D eigenvalue weighted by Crippen LogP contribution is -2.67. The molecule has 1 saturated carbocycles. The van der Waals surface area contributed by atoms with Crippen molar-refractivity contribution in [1.82, 2.24) is 0 Å². The number of allylic oxidation sites excluding steroid dienone is 1. The number of ether oxygens (including phenoxy) is 3. The van der Waals surface area contributed by atoms with E-state index in [2.05, 4.69) is 15.9 Å². The predicted molar refractivity (Wildman–Crippen MR) is 163 cm³/mol. The Morgan fingerprint density at radius 2 is 1.14 bits per heavy atom. The number of amides is 4. The average Bonchev–Trinajstić information content (AvgIpc) is 3.43. The van der Waals surface area contributed by atoms with Gasteiger partial charge in [-0.1, -0.05) is 47.1 Å². The van der Waals surface area contributed by atoms with Crippen LogP contribution in [-0.4, -0.2) is 53.7 Å². The van der Waals surface area contributed by atoms with E-state index < -0.39 is 63.0 Å². The quantitative estimate of drug-likeness (QED) is 0.231. The number of rotatable bonds is 8. The van der Waals surface area contributed by atoms with Crippen LogP contribution < -0.4 is 19.3 Å². The third kappa shape index (κ3) is 3.68. The number of imide groups is 2. The first-order valence-electron chi connectivity index (χ1n) is 14.8. The molecule has 230 valence electrons. The number of hydrogen-bond acceptors (Lipinski definition) is 8. The molecule has 0 unspecified atom stereocenters. The highest BCUT2D eigenvalue weighted by molar-refractivity contribution is 9.10. The number of carbonyl (C=O) groups is 5. The molecule has 4 amide bonds. The lowest BCUT2D eigenvalue weighted by Gasteiger charge is -2.59. The van der Waals surface area contributed by atoms with Gasteiger partial charge >= 0.3 is 5.97 Å². The average molecular weight is 666 g/mol. The first-order chi connectivity index (χ1) is 21.0. The smallest absolute Gasteiger partial charge is 0.334 e. The van der Waals surface area contributed by atoms with Gasteiger partial charge < -0.3 is 14.2 Å². The molecule has 4 atom stereocenters. The van der Waals surface area contributed by atoms with Gasteiger partial charge in [0.05, 0.1) is 59.2 Å². The summed E-state index contributed by atoms with van der Waals surface area (Å²) in [5, 5.41) is 0. The zero-order chi connectivity index (χ0) is 31.7. The molecule has 0 spiro atoms. The van der Waals surface area contributed by atoms with Gasteiger partial charge in [-0.05, 0) is 57.5 Å². The monoisotopic (exact) mass is 664 g/mol. The number of nitrogens with zero attached hydrogens (tertiary/aromatic N) is 2. The van der Waals surface area contributed by atoms with Crippen LogP contribution in [0.3, 0.4) is 0 Å². The van der Waals surface area contributed by atoms with E-state index >= 15 is 0 Å². The molecule has 0 N–H and O–H groups in total. The number of benzene rings is 2. The summed E-state index contributed by atoms with van der Waals surface area (Å²) in [7, 11) is 0. The molecule has 2 aromatic rings. The Bertz CT molecular complexity index is 1560. The summed E-state index contributed by atoms with van der Waals surface area (Å²) >= 11 is 3.80. The Morgan fingerprint density at radius 1 is 0.727 bits per heavy atom. The third-order valence-electron chi connectivity index (χ3n) is 9.59. The fourth-order valence-electron chi connectivity index (χ4n) is 8.04. The molecule has 7 rings (SSSR count). The number of anilines is 2. The van der Waals surface area contributed by atoms with Crippen LogP contribution in [0.2, 0.25) is 0 Å². The van der Waals surface area contributed by atoms with E-state index in [0.29, 0.717) is 30.3 Å². The lowest BCUT2D eigenvalue weighted by molar-refractivity contribution is -0.152. The molecule has 3 aliphatic carbocycles. The van der Waals surface area contributed by atoms with Gasteiger partial charge in [-0.25, -0.2) is 14.6 Å². The van der Waals surface area contributed by atoms with Crippen molar-refractivity contribution in [3.8, 4) is 11.5 Å². The van der Waals surface area contributed by atoms with E-state index in [1.807, 2.05) is 0 Å². The van der Waals surface area contributed by atoms with E-state index in [0.717, 1.165) is 9.80 Å². The van der Waals surface area contributed by atoms with Gasteiger partial charge in [0.2, 0.25) is 23.6 Å². The van der Waals surface area contributed by atoms with Crippen molar-refractivity contribution in [3.05, 3.63) is 59.7 Å². The molecular weight excluding hydrogens is 632 g/mol. The maximum atomic E-state index is 14.6. The highest BCUT2D eigenvalue weighted by Crippen LogP contribution is 2.73. The number of esters is 1. The molecule has 2 saturated heterocycles. The van der Waals surface area contributed by atoms with Crippen molar-refractivity contribution in [2.45, 2.75) is 38.9 Å². The highest BCUT2D eigenvalue weighted by Gasteiger charge is 2.82. The molecule has 0 aromatic heterocycles. The molecule has 2 aliphatic heterocycles. The highest BCUT2D eigenvalue weighted by atomic mass is 79.9. The first kappa shape index (κ1) is 30.1.